The van der Waals surface area contributed by atoms with Crippen LogP contribution in [-0.4, -0.2) is 23.5 Å². The van der Waals surface area contributed by atoms with Crippen molar-refractivity contribution in [2.24, 2.45) is 10.8 Å². The van der Waals surface area contributed by atoms with Gasteiger partial charge in [0.1, 0.15) is 0 Å². The molecule has 21 heavy (non-hydrogen) atoms. The molecule has 0 N–H and O–H groups in total. The first-order chi connectivity index (χ1) is 9.56. The predicted octanol–water partition coefficient (Wildman–Crippen LogP) is 6.27. The number of hydrogen-bond acceptors (Lipinski definition) is 1. The Labute approximate surface area is 134 Å². The Morgan fingerprint density at radius 1 is 0.667 bits per heavy atom. The maximum Gasteiger partial charge on any atom is 0.0125 e. The molecule has 0 aliphatic carbocycles. The highest BCUT2D eigenvalue weighted by atomic mass is 15.2. The Hall–Kier alpha value is -0.0400. The van der Waals surface area contributed by atoms with Crippen molar-refractivity contribution in [2.45, 2.75) is 105 Å². The van der Waals surface area contributed by atoms with Crippen LogP contribution in [0.2, 0.25) is 0 Å². The molecule has 1 atom stereocenters. The molecule has 1 fully saturated rings. The Morgan fingerprint density at radius 2 is 1.14 bits per heavy atom. The van der Waals surface area contributed by atoms with Crippen LogP contribution >= 0.6 is 0 Å². The third kappa shape index (κ3) is 5.93. The molecule has 1 nitrogen and oxygen atoms in total. The van der Waals surface area contributed by atoms with Crippen molar-refractivity contribution in [3.8, 4) is 0 Å². The van der Waals surface area contributed by atoms with E-state index in [0.717, 1.165) is 0 Å². The molecule has 1 aliphatic heterocycles. The van der Waals surface area contributed by atoms with Gasteiger partial charge in [-0.1, -0.05) is 53.4 Å². The van der Waals surface area contributed by atoms with Crippen molar-refractivity contribution in [3.63, 3.8) is 0 Å². The zero-order valence-corrected chi connectivity index (χ0v) is 16.0. The third-order valence-electron chi connectivity index (χ3n) is 6.07. The molecule has 1 unspecified atom stereocenters. The van der Waals surface area contributed by atoms with E-state index in [0.29, 0.717) is 16.4 Å². The van der Waals surface area contributed by atoms with Gasteiger partial charge in [-0.2, -0.15) is 0 Å². The third-order valence-corrected chi connectivity index (χ3v) is 6.07. The molecule has 1 saturated heterocycles. The van der Waals surface area contributed by atoms with Gasteiger partial charge in [-0.3, -0.25) is 4.90 Å². The van der Waals surface area contributed by atoms with Crippen molar-refractivity contribution < 1.29 is 0 Å². The van der Waals surface area contributed by atoms with E-state index in [9.17, 15) is 0 Å². The van der Waals surface area contributed by atoms with Crippen molar-refractivity contribution in [1.29, 1.82) is 0 Å². The molecular formula is C20H41N. The van der Waals surface area contributed by atoms with E-state index in [2.05, 4.69) is 53.4 Å². The smallest absolute Gasteiger partial charge is 0.0125 e. The lowest BCUT2D eigenvalue weighted by Crippen LogP contribution is -2.43. The van der Waals surface area contributed by atoms with Gasteiger partial charge in [-0.15, -0.1) is 0 Å². The Bertz CT molecular complexity index is 294. The minimum atomic E-state index is 0.322. The van der Waals surface area contributed by atoms with Gasteiger partial charge >= 0.3 is 0 Å². The number of rotatable bonds is 0. The lowest BCUT2D eigenvalue weighted by Gasteiger charge is -2.44. The van der Waals surface area contributed by atoms with Crippen molar-refractivity contribution >= 4 is 0 Å². The molecule has 0 bridgehead atoms. The molecule has 0 radical (unpaired) electrons. The topological polar surface area (TPSA) is 3.24 Å². The van der Waals surface area contributed by atoms with Crippen LogP contribution in [0.15, 0.2) is 0 Å². The fourth-order valence-electron chi connectivity index (χ4n) is 3.67. The van der Waals surface area contributed by atoms with Crippen LogP contribution in [-0.2, 0) is 0 Å². The summed E-state index contributed by atoms with van der Waals surface area (Å²) in [7, 11) is 0. The van der Waals surface area contributed by atoms with E-state index >= 15 is 0 Å². The van der Waals surface area contributed by atoms with E-state index in [1.807, 2.05) is 0 Å². The van der Waals surface area contributed by atoms with Gasteiger partial charge in [0, 0.05) is 5.54 Å². The van der Waals surface area contributed by atoms with Gasteiger partial charge in [-0.25, -0.2) is 0 Å². The minimum Gasteiger partial charge on any atom is -0.298 e. The van der Waals surface area contributed by atoms with Gasteiger partial charge in [-0.05, 0) is 70.4 Å². The zero-order chi connectivity index (χ0) is 16.1. The summed E-state index contributed by atoms with van der Waals surface area (Å²) in [5, 5.41) is 0. The van der Waals surface area contributed by atoms with Gasteiger partial charge in [0.2, 0.25) is 0 Å². The molecule has 1 heteroatoms. The van der Waals surface area contributed by atoms with Crippen LogP contribution in [0.4, 0.5) is 0 Å². The summed E-state index contributed by atoms with van der Waals surface area (Å²) >= 11 is 0. The molecule has 0 amide bonds. The second kappa shape index (κ2) is 7.49. The standard InChI is InChI=1S/C20H41N/c1-18(2,3)20(7)14-11-9-8-10-12-16-21(17-13-15-20)19(4,5)6/h8-17H2,1-7H3. The quantitative estimate of drug-likeness (QED) is 0.509. The van der Waals surface area contributed by atoms with Crippen LogP contribution in [0.3, 0.4) is 0 Å². The molecule has 126 valence electrons. The Kier molecular flexibility index (Phi) is 6.78. The summed E-state index contributed by atoms with van der Waals surface area (Å²) in [6.45, 7) is 19.6. The summed E-state index contributed by atoms with van der Waals surface area (Å²) < 4.78 is 0. The molecule has 0 saturated carbocycles. The van der Waals surface area contributed by atoms with Gasteiger partial charge in [0.15, 0.2) is 0 Å². The molecule has 0 spiro atoms. The van der Waals surface area contributed by atoms with E-state index in [4.69, 9.17) is 0 Å². The fraction of sp³-hybridized carbons (Fsp3) is 1.00. The van der Waals surface area contributed by atoms with Crippen LogP contribution in [0.5, 0.6) is 0 Å². The van der Waals surface area contributed by atoms with Crippen LogP contribution in [0, 0.1) is 10.8 Å². The predicted molar refractivity (Wildman–Crippen MR) is 95.8 cm³/mol. The highest BCUT2D eigenvalue weighted by molar-refractivity contribution is 4.87. The maximum absolute atomic E-state index is 2.72. The second-order valence-corrected chi connectivity index (χ2v) is 9.59. The molecular weight excluding hydrogens is 254 g/mol. The van der Waals surface area contributed by atoms with Gasteiger partial charge < -0.3 is 0 Å². The zero-order valence-electron chi connectivity index (χ0n) is 16.0. The van der Waals surface area contributed by atoms with Gasteiger partial charge in [0.05, 0.1) is 0 Å². The number of hydrogen-bond donors (Lipinski definition) is 0. The van der Waals surface area contributed by atoms with Crippen molar-refractivity contribution in [1.82, 2.24) is 4.90 Å². The Morgan fingerprint density at radius 3 is 1.71 bits per heavy atom. The average molecular weight is 296 g/mol. The van der Waals surface area contributed by atoms with E-state index < -0.39 is 0 Å². The highest BCUT2D eigenvalue weighted by Crippen LogP contribution is 2.46. The van der Waals surface area contributed by atoms with Crippen LogP contribution < -0.4 is 0 Å². The molecule has 1 aliphatic rings. The number of nitrogens with zero attached hydrogens (tertiary/aromatic N) is 1. The first kappa shape index (κ1) is 19.0. The van der Waals surface area contributed by atoms with E-state index in [-0.39, 0.29) is 0 Å². The molecule has 0 aromatic heterocycles. The Balaban J connectivity index is 2.74. The minimum absolute atomic E-state index is 0.322. The summed E-state index contributed by atoms with van der Waals surface area (Å²) in [4.78, 5) is 2.72. The van der Waals surface area contributed by atoms with E-state index in [1.165, 1.54) is 64.5 Å². The summed E-state index contributed by atoms with van der Waals surface area (Å²) in [6.07, 6.45) is 11.2. The normalized spacial score (nSPS) is 28.7. The summed E-state index contributed by atoms with van der Waals surface area (Å²) in [6, 6.07) is 0. The van der Waals surface area contributed by atoms with Crippen LogP contribution in [0.1, 0.15) is 99.8 Å². The SMILES string of the molecule is CC(C)(C)N1CCCCCCCC(C)(C(C)(C)C)CCC1. The monoisotopic (exact) mass is 295 g/mol. The molecule has 0 aromatic rings. The summed E-state index contributed by atoms with van der Waals surface area (Å²) in [5.74, 6) is 0. The van der Waals surface area contributed by atoms with Crippen molar-refractivity contribution in [2.75, 3.05) is 13.1 Å². The van der Waals surface area contributed by atoms with E-state index in [1.54, 1.807) is 0 Å². The average Bonchev–Trinajstić information content (AvgIpc) is 2.30. The summed E-state index contributed by atoms with van der Waals surface area (Å²) in [5.41, 5.74) is 1.24. The fourth-order valence-corrected chi connectivity index (χ4v) is 3.67. The molecule has 1 rings (SSSR count). The lowest BCUT2D eigenvalue weighted by atomic mass is 9.63. The first-order valence-corrected chi connectivity index (χ1v) is 9.31. The maximum atomic E-state index is 2.72. The molecule has 0 aromatic carbocycles. The highest BCUT2D eigenvalue weighted by Gasteiger charge is 2.36. The largest absolute Gasteiger partial charge is 0.298 e. The lowest BCUT2D eigenvalue weighted by molar-refractivity contribution is 0.0625. The second-order valence-electron chi connectivity index (χ2n) is 9.59. The van der Waals surface area contributed by atoms with Gasteiger partial charge in [0.25, 0.3) is 0 Å². The van der Waals surface area contributed by atoms with Crippen LogP contribution in [0.25, 0.3) is 0 Å². The molecule has 1 heterocycles. The first-order valence-electron chi connectivity index (χ1n) is 9.31. The van der Waals surface area contributed by atoms with Crippen molar-refractivity contribution in [3.05, 3.63) is 0 Å².